The number of amides is 1. The van der Waals surface area contributed by atoms with Gasteiger partial charge in [-0.05, 0) is 31.2 Å². The summed E-state index contributed by atoms with van der Waals surface area (Å²) < 4.78 is 7.08. The van der Waals surface area contributed by atoms with Gasteiger partial charge in [0.25, 0.3) is 0 Å². The van der Waals surface area contributed by atoms with Gasteiger partial charge in [0.1, 0.15) is 24.1 Å². The normalized spacial score (nSPS) is 10.9. The summed E-state index contributed by atoms with van der Waals surface area (Å²) in [7, 11) is 0. The number of nitrogens with one attached hydrogen (secondary N) is 1. The number of aromatic nitrogens is 4. The van der Waals surface area contributed by atoms with E-state index in [-0.39, 0.29) is 12.3 Å². The van der Waals surface area contributed by atoms with Crippen LogP contribution < -0.4 is 5.32 Å². The van der Waals surface area contributed by atoms with E-state index in [2.05, 4.69) is 20.4 Å². The van der Waals surface area contributed by atoms with E-state index in [9.17, 15) is 4.79 Å². The van der Waals surface area contributed by atoms with E-state index in [0.717, 1.165) is 10.8 Å². The quantitative estimate of drug-likeness (QED) is 0.545. The highest BCUT2D eigenvalue weighted by Crippen LogP contribution is 2.28. The van der Waals surface area contributed by atoms with E-state index in [1.807, 2.05) is 24.4 Å². The molecule has 4 rings (SSSR count). The molecule has 3 aromatic heterocycles. The molecule has 0 bridgehead atoms. The molecule has 9 heteroatoms. The second kappa shape index (κ2) is 7.34. The Labute approximate surface area is 163 Å². The molecule has 0 saturated carbocycles. The maximum Gasteiger partial charge on any atom is 0.230 e. The zero-order valence-electron chi connectivity index (χ0n) is 14.2. The first-order valence-corrected chi connectivity index (χ1v) is 9.30. The van der Waals surface area contributed by atoms with E-state index in [1.165, 1.54) is 28.7 Å². The second-order valence-electron chi connectivity index (χ2n) is 5.76. The summed E-state index contributed by atoms with van der Waals surface area (Å²) in [5.41, 5.74) is 1.79. The number of rotatable bonds is 5. The van der Waals surface area contributed by atoms with Gasteiger partial charge in [-0.3, -0.25) is 4.79 Å². The number of hydrogen-bond donors (Lipinski definition) is 1. The number of para-hydroxylation sites is 1. The lowest BCUT2D eigenvalue weighted by Crippen LogP contribution is -2.16. The van der Waals surface area contributed by atoms with Crippen LogP contribution in [0.1, 0.15) is 11.5 Å². The highest BCUT2D eigenvalue weighted by molar-refractivity contribution is 7.13. The third-order valence-corrected chi connectivity index (χ3v) is 4.96. The largest absolute Gasteiger partial charge is 0.459 e. The molecular formula is C18H14ClN5O2S. The molecule has 27 heavy (non-hydrogen) atoms. The zero-order valence-corrected chi connectivity index (χ0v) is 15.8. The number of anilines is 1. The van der Waals surface area contributed by atoms with Crippen molar-refractivity contribution >= 4 is 34.5 Å². The zero-order chi connectivity index (χ0) is 18.8. The number of thiazole rings is 1. The molecule has 0 spiro atoms. The van der Waals surface area contributed by atoms with Crippen molar-refractivity contribution in [2.24, 2.45) is 0 Å². The molecule has 0 saturated heterocycles. The van der Waals surface area contributed by atoms with Crippen LogP contribution in [0.15, 0.2) is 52.8 Å². The lowest BCUT2D eigenvalue weighted by Gasteiger charge is -2.11. The van der Waals surface area contributed by atoms with Crippen molar-refractivity contribution in [2.75, 3.05) is 5.32 Å². The number of benzene rings is 1. The third kappa shape index (κ3) is 3.76. The van der Waals surface area contributed by atoms with Gasteiger partial charge in [-0.25, -0.2) is 14.6 Å². The van der Waals surface area contributed by atoms with Crippen molar-refractivity contribution < 1.29 is 9.21 Å². The van der Waals surface area contributed by atoms with E-state index < -0.39 is 0 Å². The Bertz CT molecular complexity index is 1090. The van der Waals surface area contributed by atoms with Crippen LogP contribution in [-0.2, 0) is 11.2 Å². The fourth-order valence-electron chi connectivity index (χ4n) is 2.58. The number of halogens is 1. The molecule has 136 valence electrons. The molecule has 4 aromatic rings. The minimum Gasteiger partial charge on any atom is -0.459 e. The molecular weight excluding hydrogens is 386 g/mol. The highest BCUT2D eigenvalue weighted by Gasteiger charge is 2.15. The smallest absolute Gasteiger partial charge is 0.230 e. The predicted octanol–water partition coefficient (Wildman–Crippen LogP) is 4.13. The maximum atomic E-state index is 12.5. The lowest BCUT2D eigenvalue weighted by atomic mass is 10.2. The average Bonchev–Trinajstić information content (AvgIpc) is 3.36. The Hall–Kier alpha value is -2.97. The molecule has 1 amide bonds. The molecule has 0 fully saturated rings. The summed E-state index contributed by atoms with van der Waals surface area (Å²) in [6.45, 7) is 1.88. The van der Waals surface area contributed by atoms with Gasteiger partial charge in [-0.15, -0.1) is 11.3 Å². The highest BCUT2D eigenvalue weighted by atomic mass is 35.5. The molecule has 0 radical (unpaired) electrons. The summed E-state index contributed by atoms with van der Waals surface area (Å²) in [6.07, 6.45) is 3.07. The average molecular weight is 400 g/mol. The van der Waals surface area contributed by atoms with Gasteiger partial charge in [0.2, 0.25) is 5.91 Å². The van der Waals surface area contributed by atoms with Gasteiger partial charge < -0.3 is 9.73 Å². The molecule has 3 heterocycles. The third-order valence-electron chi connectivity index (χ3n) is 3.75. The van der Waals surface area contributed by atoms with Gasteiger partial charge in [0.05, 0.1) is 22.8 Å². The summed E-state index contributed by atoms with van der Waals surface area (Å²) in [5.74, 6) is 1.32. The summed E-state index contributed by atoms with van der Waals surface area (Å²) in [5, 5.41) is 10.0. The molecule has 0 aliphatic carbocycles. The van der Waals surface area contributed by atoms with Crippen LogP contribution in [0.25, 0.3) is 16.5 Å². The minimum absolute atomic E-state index is 0.138. The number of aryl methyl sites for hydroxylation is 1. The Morgan fingerprint density at radius 1 is 1.33 bits per heavy atom. The van der Waals surface area contributed by atoms with Crippen LogP contribution in [0, 0.1) is 6.92 Å². The van der Waals surface area contributed by atoms with Crippen molar-refractivity contribution in [1.82, 2.24) is 19.7 Å². The van der Waals surface area contributed by atoms with Crippen LogP contribution in [-0.4, -0.2) is 25.7 Å². The fourth-order valence-corrected chi connectivity index (χ4v) is 3.62. The number of carbonyl (C=O) groups is 1. The first kappa shape index (κ1) is 17.4. The number of furan rings is 1. The lowest BCUT2D eigenvalue weighted by molar-refractivity contribution is -0.115. The van der Waals surface area contributed by atoms with Crippen molar-refractivity contribution in [2.45, 2.75) is 13.3 Å². The first-order valence-electron chi connectivity index (χ1n) is 8.05. The maximum absolute atomic E-state index is 12.5. The van der Waals surface area contributed by atoms with Crippen molar-refractivity contribution in [3.63, 3.8) is 0 Å². The van der Waals surface area contributed by atoms with Crippen molar-refractivity contribution in [3.8, 4) is 16.5 Å². The molecule has 1 N–H and O–H groups in total. The molecule has 0 unspecified atom stereocenters. The monoisotopic (exact) mass is 399 g/mol. The van der Waals surface area contributed by atoms with E-state index in [0.29, 0.717) is 27.9 Å². The number of carbonyl (C=O) groups excluding carboxylic acids is 1. The van der Waals surface area contributed by atoms with Crippen LogP contribution in [0.3, 0.4) is 0 Å². The van der Waals surface area contributed by atoms with Gasteiger partial charge in [-0.2, -0.15) is 5.10 Å². The Morgan fingerprint density at radius 3 is 2.96 bits per heavy atom. The topological polar surface area (TPSA) is 85.8 Å². The van der Waals surface area contributed by atoms with Gasteiger partial charge in [-0.1, -0.05) is 17.7 Å². The summed E-state index contributed by atoms with van der Waals surface area (Å²) in [4.78, 5) is 20.9. The van der Waals surface area contributed by atoms with Gasteiger partial charge in [0, 0.05) is 5.38 Å². The van der Waals surface area contributed by atoms with Crippen LogP contribution in [0.2, 0.25) is 5.02 Å². The molecule has 0 aliphatic rings. The van der Waals surface area contributed by atoms with Crippen LogP contribution in [0.5, 0.6) is 0 Å². The molecule has 1 aromatic carbocycles. The van der Waals surface area contributed by atoms with E-state index >= 15 is 0 Å². The first-order chi connectivity index (χ1) is 13.1. The van der Waals surface area contributed by atoms with Crippen molar-refractivity contribution in [3.05, 3.63) is 64.8 Å². The van der Waals surface area contributed by atoms with E-state index in [4.69, 9.17) is 16.0 Å². The predicted molar refractivity (Wildman–Crippen MR) is 103 cm³/mol. The van der Waals surface area contributed by atoms with Crippen molar-refractivity contribution in [1.29, 1.82) is 0 Å². The van der Waals surface area contributed by atoms with Crippen LogP contribution >= 0.6 is 22.9 Å². The standard InChI is InChI=1S/C18H14ClN5O2S/c1-11-5-6-15(26-11)18-22-12(8-27-18)7-16(25)23-14-4-2-3-13(19)17(14)24-10-20-9-21-24/h2-6,8-10H,7H2,1H3,(H,23,25). The summed E-state index contributed by atoms with van der Waals surface area (Å²) >= 11 is 7.72. The molecule has 0 aliphatic heterocycles. The van der Waals surface area contributed by atoms with Gasteiger partial charge >= 0.3 is 0 Å². The molecule has 7 nitrogen and oxygen atoms in total. The number of nitrogens with zero attached hydrogens (tertiary/aromatic N) is 4. The van der Waals surface area contributed by atoms with Gasteiger partial charge in [0.15, 0.2) is 10.8 Å². The fraction of sp³-hybridized carbons (Fsp3) is 0.111. The number of hydrogen-bond acceptors (Lipinski definition) is 6. The summed E-state index contributed by atoms with van der Waals surface area (Å²) in [6, 6.07) is 9.01. The Morgan fingerprint density at radius 2 is 2.22 bits per heavy atom. The Kier molecular flexibility index (Phi) is 4.74. The molecule has 0 atom stereocenters. The van der Waals surface area contributed by atoms with E-state index in [1.54, 1.807) is 18.2 Å². The minimum atomic E-state index is -0.203. The Balaban J connectivity index is 1.51. The van der Waals surface area contributed by atoms with Crippen LogP contribution in [0.4, 0.5) is 5.69 Å². The SMILES string of the molecule is Cc1ccc(-c2nc(CC(=O)Nc3cccc(Cl)c3-n3cncn3)cs2)o1. The second-order valence-corrected chi connectivity index (χ2v) is 7.02.